The third-order valence-corrected chi connectivity index (χ3v) is 4.47. The Morgan fingerprint density at radius 1 is 1.04 bits per heavy atom. The molecule has 0 unspecified atom stereocenters. The molecule has 0 spiro atoms. The van der Waals surface area contributed by atoms with E-state index >= 15 is 0 Å². The second-order valence-electron chi connectivity index (χ2n) is 6.73. The lowest BCUT2D eigenvalue weighted by Crippen LogP contribution is -2.25. The van der Waals surface area contributed by atoms with Crippen LogP contribution in [0.1, 0.15) is 36.5 Å². The zero-order valence-corrected chi connectivity index (χ0v) is 16.1. The number of methoxy groups -OCH3 is 2. The first-order chi connectivity index (χ1) is 13.0. The molecule has 1 amide bonds. The van der Waals surface area contributed by atoms with Crippen molar-refractivity contribution < 1.29 is 14.3 Å². The van der Waals surface area contributed by atoms with Gasteiger partial charge in [0.1, 0.15) is 11.5 Å². The van der Waals surface area contributed by atoms with Gasteiger partial charge in [0, 0.05) is 6.42 Å². The topological polar surface area (TPSA) is 59.9 Å². The van der Waals surface area contributed by atoms with Crippen molar-refractivity contribution in [3.05, 3.63) is 64.9 Å². The minimum atomic E-state index is -0.182. The van der Waals surface area contributed by atoms with Gasteiger partial charge in [-0.05, 0) is 40.8 Å². The van der Waals surface area contributed by atoms with E-state index in [1.165, 1.54) is 5.56 Å². The molecule has 140 valence electrons. The monoisotopic (exact) mass is 364 g/mol. The van der Waals surface area contributed by atoms with Crippen molar-refractivity contribution in [3.8, 4) is 11.5 Å². The molecule has 0 saturated carbocycles. The first-order valence-corrected chi connectivity index (χ1v) is 8.91. The van der Waals surface area contributed by atoms with Crippen LogP contribution in [0.25, 0.3) is 6.08 Å². The van der Waals surface area contributed by atoms with Crippen molar-refractivity contribution >= 4 is 17.8 Å². The van der Waals surface area contributed by atoms with E-state index in [1.54, 1.807) is 20.3 Å². The molecule has 1 N–H and O–H groups in total. The minimum absolute atomic E-state index is 0.182. The van der Waals surface area contributed by atoms with Crippen molar-refractivity contribution in [1.82, 2.24) is 5.32 Å². The summed E-state index contributed by atoms with van der Waals surface area (Å²) in [6.45, 7) is 4.31. The zero-order chi connectivity index (χ0) is 19.4. The molecule has 0 aliphatic carbocycles. The smallest absolute Gasteiger partial charge is 0.275 e. The van der Waals surface area contributed by atoms with Crippen LogP contribution in [-0.2, 0) is 11.2 Å². The van der Waals surface area contributed by atoms with Crippen LogP contribution in [0.5, 0.6) is 11.5 Å². The van der Waals surface area contributed by atoms with Crippen molar-refractivity contribution in [3.63, 3.8) is 0 Å². The molecular formula is C22H24N2O3. The number of hydrogen-bond acceptors (Lipinski definition) is 4. The van der Waals surface area contributed by atoms with Crippen LogP contribution >= 0.6 is 0 Å². The Balaban J connectivity index is 1.78. The quantitative estimate of drug-likeness (QED) is 0.790. The maximum atomic E-state index is 12.2. The normalized spacial score (nSPS) is 15.1. The Kier molecular flexibility index (Phi) is 5.60. The fraction of sp³-hybridized carbons (Fsp3) is 0.273. The molecule has 0 aromatic heterocycles. The fourth-order valence-electron chi connectivity index (χ4n) is 2.92. The van der Waals surface area contributed by atoms with E-state index in [2.05, 4.69) is 36.3 Å². The molecular weight excluding hydrogens is 340 g/mol. The molecule has 0 radical (unpaired) electrons. The SMILES string of the molecule is COc1ccc(CC2=N/C(=C/c3ccc(C(C)C)cc3)C(=O)N2)cc1OC. The Hall–Kier alpha value is -3.08. The molecule has 5 heteroatoms. The minimum Gasteiger partial charge on any atom is -0.493 e. The summed E-state index contributed by atoms with van der Waals surface area (Å²) in [7, 11) is 3.20. The highest BCUT2D eigenvalue weighted by molar-refractivity contribution is 6.14. The number of amidine groups is 1. The van der Waals surface area contributed by atoms with Gasteiger partial charge >= 0.3 is 0 Å². The van der Waals surface area contributed by atoms with Crippen LogP contribution in [0.15, 0.2) is 53.2 Å². The average molecular weight is 364 g/mol. The molecule has 2 aromatic rings. The van der Waals surface area contributed by atoms with E-state index in [0.717, 1.165) is 11.1 Å². The number of carbonyl (C=O) groups excluding carboxylic acids is 1. The Morgan fingerprint density at radius 3 is 2.37 bits per heavy atom. The van der Waals surface area contributed by atoms with E-state index in [1.807, 2.05) is 30.3 Å². The summed E-state index contributed by atoms with van der Waals surface area (Å²) >= 11 is 0. The maximum absolute atomic E-state index is 12.2. The zero-order valence-electron chi connectivity index (χ0n) is 16.1. The molecule has 0 bridgehead atoms. The highest BCUT2D eigenvalue weighted by Gasteiger charge is 2.20. The molecule has 1 aliphatic heterocycles. The van der Waals surface area contributed by atoms with Crippen LogP contribution in [0, 0.1) is 0 Å². The van der Waals surface area contributed by atoms with E-state index in [-0.39, 0.29) is 5.91 Å². The highest BCUT2D eigenvalue weighted by Crippen LogP contribution is 2.28. The van der Waals surface area contributed by atoms with Gasteiger partial charge in [0.05, 0.1) is 14.2 Å². The number of aliphatic imine (C=N–C) groups is 1. The lowest BCUT2D eigenvalue weighted by Gasteiger charge is -2.09. The van der Waals surface area contributed by atoms with Crippen molar-refractivity contribution in [1.29, 1.82) is 0 Å². The van der Waals surface area contributed by atoms with Gasteiger partial charge < -0.3 is 14.8 Å². The molecule has 0 saturated heterocycles. The number of amides is 1. The summed E-state index contributed by atoms with van der Waals surface area (Å²) < 4.78 is 10.6. The molecule has 0 fully saturated rings. The number of nitrogens with zero attached hydrogens (tertiary/aromatic N) is 1. The van der Waals surface area contributed by atoms with Crippen LogP contribution < -0.4 is 14.8 Å². The Labute approximate surface area is 159 Å². The second kappa shape index (κ2) is 8.08. The first-order valence-electron chi connectivity index (χ1n) is 8.91. The molecule has 2 aromatic carbocycles. The first kappa shape index (κ1) is 18.7. The van der Waals surface area contributed by atoms with Gasteiger partial charge in [0.2, 0.25) is 0 Å². The summed E-state index contributed by atoms with van der Waals surface area (Å²) in [6.07, 6.45) is 2.32. The van der Waals surface area contributed by atoms with Gasteiger partial charge in [0.25, 0.3) is 5.91 Å². The van der Waals surface area contributed by atoms with Crippen molar-refractivity contribution in [2.45, 2.75) is 26.2 Å². The van der Waals surface area contributed by atoms with Crippen LogP contribution in [0.3, 0.4) is 0 Å². The summed E-state index contributed by atoms with van der Waals surface area (Å²) in [6, 6.07) is 13.9. The summed E-state index contributed by atoms with van der Waals surface area (Å²) in [5.41, 5.74) is 3.63. The van der Waals surface area contributed by atoms with E-state index < -0.39 is 0 Å². The van der Waals surface area contributed by atoms with Gasteiger partial charge in [0.15, 0.2) is 11.5 Å². The fourth-order valence-corrected chi connectivity index (χ4v) is 2.92. The molecule has 27 heavy (non-hydrogen) atoms. The van der Waals surface area contributed by atoms with Crippen LogP contribution in [0.2, 0.25) is 0 Å². The number of benzene rings is 2. The standard InChI is InChI=1S/C22H24N2O3/c1-14(2)17-8-5-15(6-9-17)11-18-22(25)24-21(23-18)13-16-7-10-19(26-3)20(12-16)27-4/h5-12,14H,13H2,1-4H3,(H,23,24,25)/b18-11+. The summed E-state index contributed by atoms with van der Waals surface area (Å²) in [4.78, 5) is 16.7. The number of rotatable bonds is 6. The number of carbonyl (C=O) groups is 1. The van der Waals surface area contributed by atoms with Crippen LogP contribution in [0.4, 0.5) is 0 Å². The molecule has 3 rings (SSSR count). The van der Waals surface area contributed by atoms with Crippen molar-refractivity contribution in [2.24, 2.45) is 4.99 Å². The van der Waals surface area contributed by atoms with Gasteiger partial charge in [-0.2, -0.15) is 0 Å². The molecule has 0 atom stereocenters. The number of nitrogens with one attached hydrogen (secondary N) is 1. The van der Waals surface area contributed by atoms with Crippen LogP contribution in [-0.4, -0.2) is 26.0 Å². The number of hydrogen-bond donors (Lipinski definition) is 1. The van der Waals surface area contributed by atoms with Gasteiger partial charge in [-0.15, -0.1) is 0 Å². The molecule has 1 aliphatic rings. The third-order valence-electron chi connectivity index (χ3n) is 4.47. The largest absolute Gasteiger partial charge is 0.493 e. The second-order valence-corrected chi connectivity index (χ2v) is 6.73. The lowest BCUT2D eigenvalue weighted by atomic mass is 10.0. The maximum Gasteiger partial charge on any atom is 0.275 e. The summed E-state index contributed by atoms with van der Waals surface area (Å²) in [5, 5.41) is 2.84. The van der Waals surface area contributed by atoms with Gasteiger partial charge in [-0.3, -0.25) is 4.79 Å². The van der Waals surface area contributed by atoms with Gasteiger partial charge in [-0.25, -0.2) is 4.99 Å². The number of ether oxygens (including phenoxy) is 2. The summed E-state index contributed by atoms with van der Waals surface area (Å²) in [5.74, 6) is 2.24. The van der Waals surface area contributed by atoms with E-state index in [0.29, 0.717) is 35.4 Å². The van der Waals surface area contributed by atoms with Gasteiger partial charge in [-0.1, -0.05) is 44.2 Å². The Morgan fingerprint density at radius 2 is 1.74 bits per heavy atom. The predicted molar refractivity (Wildman–Crippen MR) is 107 cm³/mol. The average Bonchev–Trinajstić information content (AvgIpc) is 3.00. The Bertz CT molecular complexity index is 896. The highest BCUT2D eigenvalue weighted by atomic mass is 16.5. The molecule has 5 nitrogen and oxygen atoms in total. The van der Waals surface area contributed by atoms with E-state index in [9.17, 15) is 4.79 Å². The third kappa shape index (κ3) is 4.37. The lowest BCUT2D eigenvalue weighted by molar-refractivity contribution is -0.115. The van der Waals surface area contributed by atoms with E-state index in [4.69, 9.17) is 9.47 Å². The van der Waals surface area contributed by atoms with Crippen molar-refractivity contribution in [2.75, 3.05) is 14.2 Å². The predicted octanol–water partition coefficient (Wildman–Crippen LogP) is 3.94. The molecule has 1 heterocycles.